The first-order valence-electron chi connectivity index (χ1n) is 7.66. The highest BCUT2D eigenvalue weighted by atomic mass is 32.1. The van der Waals surface area contributed by atoms with Crippen LogP contribution in [0.3, 0.4) is 0 Å². The minimum Gasteiger partial charge on any atom is -0.393 e. The first-order chi connectivity index (χ1) is 11.2. The maximum Gasteiger partial charge on any atom is 0.259 e. The highest BCUT2D eigenvalue weighted by Gasteiger charge is 2.19. The van der Waals surface area contributed by atoms with Crippen molar-refractivity contribution in [1.29, 1.82) is 0 Å². The molecule has 1 aliphatic carbocycles. The number of amides is 1. The van der Waals surface area contributed by atoms with Crippen molar-refractivity contribution in [1.82, 2.24) is 15.2 Å². The van der Waals surface area contributed by atoms with Gasteiger partial charge < -0.3 is 10.4 Å². The lowest BCUT2D eigenvalue weighted by molar-refractivity contribution is 0.102. The van der Waals surface area contributed by atoms with Gasteiger partial charge >= 0.3 is 0 Å². The number of hydrogen-bond donors (Lipinski definition) is 3. The Hall–Kier alpha value is -2.06. The zero-order chi connectivity index (χ0) is 16.1. The van der Waals surface area contributed by atoms with E-state index in [1.54, 1.807) is 17.6 Å². The molecular weight excluding hydrogens is 314 g/mol. The van der Waals surface area contributed by atoms with Crippen molar-refractivity contribution in [3.8, 4) is 0 Å². The van der Waals surface area contributed by atoms with E-state index < -0.39 is 0 Å². The highest BCUT2D eigenvalue weighted by molar-refractivity contribution is 7.13. The summed E-state index contributed by atoms with van der Waals surface area (Å²) in [6.07, 6.45) is 5.32. The van der Waals surface area contributed by atoms with Crippen LogP contribution in [0.25, 0.3) is 0 Å². The second-order valence-electron chi connectivity index (χ2n) is 5.70. The molecule has 3 rings (SSSR count). The van der Waals surface area contributed by atoms with Crippen LogP contribution in [0.5, 0.6) is 0 Å². The molecule has 8 heteroatoms. The average molecular weight is 333 g/mol. The van der Waals surface area contributed by atoms with Gasteiger partial charge in [0.1, 0.15) is 11.3 Å². The molecule has 0 aliphatic heterocycles. The van der Waals surface area contributed by atoms with Crippen molar-refractivity contribution < 1.29 is 9.90 Å². The molecule has 1 saturated carbocycles. The molecule has 2 aromatic rings. The molecule has 0 aromatic carbocycles. The van der Waals surface area contributed by atoms with Crippen LogP contribution in [0.15, 0.2) is 23.8 Å². The minimum absolute atomic E-state index is 0.171. The van der Waals surface area contributed by atoms with E-state index in [0.717, 1.165) is 38.0 Å². The fourth-order valence-electron chi connectivity index (χ4n) is 2.73. The second-order valence-corrected chi connectivity index (χ2v) is 6.53. The number of nitrogens with one attached hydrogen (secondary N) is 2. The number of nitrogens with zero attached hydrogens (tertiary/aromatic N) is 3. The number of carbonyl (C=O) groups excluding carboxylic acids is 1. The third kappa shape index (κ3) is 4.46. The van der Waals surface area contributed by atoms with E-state index in [2.05, 4.69) is 25.8 Å². The van der Waals surface area contributed by atoms with E-state index in [4.69, 9.17) is 0 Å². The average Bonchev–Trinajstić information content (AvgIpc) is 3.06. The Labute approximate surface area is 138 Å². The van der Waals surface area contributed by atoms with E-state index in [0.29, 0.717) is 16.6 Å². The topological polar surface area (TPSA) is 100 Å². The Morgan fingerprint density at radius 3 is 3.00 bits per heavy atom. The largest absolute Gasteiger partial charge is 0.393 e. The Balaban J connectivity index is 1.51. The van der Waals surface area contributed by atoms with Crippen molar-refractivity contribution in [2.45, 2.75) is 31.8 Å². The fourth-order valence-corrected chi connectivity index (χ4v) is 3.17. The monoisotopic (exact) mass is 333 g/mol. The van der Waals surface area contributed by atoms with Crippen LogP contribution in [-0.2, 0) is 0 Å². The van der Waals surface area contributed by atoms with Gasteiger partial charge in [0, 0.05) is 12.7 Å². The Bertz CT molecular complexity index is 632. The summed E-state index contributed by atoms with van der Waals surface area (Å²) in [6, 6.07) is 3.51. The number of hydrogen-bond acceptors (Lipinski definition) is 7. The van der Waals surface area contributed by atoms with Crippen LogP contribution >= 0.6 is 11.3 Å². The first kappa shape index (κ1) is 15.8. The third-order valence-electron chi connectivity index (χ3n) is 3.93. The highest BCUT2D eigenvalue weighted by Crippen LogP contribution is 2.24. The summed E-state index contributed by atoms with van der Waals surface area (Å²) in [5.74, 6) is 0.953. The van der Waals surface area contributed by atoms with Crippen LogP contribution in [0, 0.1) is 5.92 Å². The SMILES string of the molecule is O=C(Nc1nncs1)c1ccc(NCC2CCCC(O)C2)nc1. The van der Waals surface area contributed by atoms with Gasteiger partial charge in [0.05, 0.1) is 11.7 Å². The van der Waals surface area contributed by atoms with E-state index in [-0.39, 0.29) is 12.0 Å². The maximum absolute atomic E-state index is 12.0. The number of pyridine rings is 1. The number of carbonyl (C=O) groups is 1. The predicted octanol–water partition coefficient (Wildman–Crippen LogP) is 2.15. The second kappa shape index (κ2) is 7.47. The van der Waals surface area contributed by atoms with E-state index in [9.17, 15) is 9.90 Å². The summed E-state index contributed by atoms with van der Waals surface area (Å²) in [5.41, 5.74) is 2.03. The van der Waals surface area contributed by atoms with Gasteiger partial charge in [0.2, 0.25) is 5.13 Å². The van der Waals surface area contributed by atoms with Gasteiger partial charge in [0.25, 0.3) is 5.91 Å². The molecule has 2 aromatic heterocycles. The van der Waals surface area contributed by atoms with E-state index >= 15 is 0 Å². The van der Waals surface area contributed by atoms with Gasteiger partial charge in [-0.1, -0.05) is 17.8 Å². The normalized spacial score (nSPS) is 20.9. The summed E-state index contributed by atoms with van der Waals surface area (Å²) >= 11 is 1.27. The smallest absolute Gasteiger partial charge is 0.259 e. The summed E-state index contributed by atoms with van der Waals surface area (Å²) in [5, 5.41) is 23.5. The van der Waals surface area contributed by atoms with Crippen LogP contribution in [-0.4, -0.2) is 38.8 Å². The number of aliphatic hydroxyl groups is 1. The Kier molecular flexibility index (Phi) is 5.14. The van der Waals surface area contributed by atoms with Crippen molar-refractivity contribution in [2.75, 3.05) is 17.2 Å². The fraction of sp³-hybridized carbons (Fsp3) is 0.467. The minimum atomic E-state index is -0.254. The molecule has 3 N–H and O–H groups in total. The third-order valence-corrected chi connectivity index (χ3v) is 4.54. The van der Waals surface area contributed by atoms with Crippen molar-refractivity contribution in [3.05, 3.63) is 29.4 Å². The molecule has 2 heterocycles. The lowest BCUT2D eigenvalue weighted by Crippen LogP contribution is -2.25. The maximum atomic E-state index is 12.0. The van der Waals surface area contributed by atoms with Crippen molar-refractivity contribution in [2.24, 2.45) is 5.92 Å². The quantitative estimate of drug-likeness (QED) is 0.775. The zero-order valence-electron chi connectivity index (χ0n) is 12.6. The summed E-state index contributed by atoms with van der Waals surface area (Å²) in [7, 11) is 0. The molecule has 0 radical (unpaired) electrons. The zero-order valence-corrected chi connectivity index (χ0v) is 13.4. The number of anilines is 2. The molecule has 0 saturated heterocycles. The molecule has 1 aliphatic rings. The summed E-state index contributed by atoms with van der Waals surface area (Å²) in [6.45, 7) is 0.792. The molecular formula is C15H19N5O2S. The van der Waals surface area contributed by atoms with Crippen molar-refractivity contribution >= 4 is 28.2 Å². The number of aliphatic hydroxyl groups excluding tert-OH is 1. The van der Waals surface area contributed by atoms with Crippen LogP contribution < -0.4 is 10.6 Å². The molecule has 122 valence electrons. The van der Waals surface area contributed by atoms with Gasteiger partial charge in [-0.05, 0) is 37.3 Å². The van der Waals surface area contributed by atoms with Gasteiger partial charge in [-0.25, -0.2) is 4.98 Å². The summed E-state index contributed by atoms with van der Waals surface area (Å²) in [4.78, 5) is 16.3. The van der Waals surface area contributed by atoms with E-state index in [1.165, 1.54) is 17.5 Å². The molecule has 0 spiro atoms. The van der Waals surface area contributed by atoms with Gasteiger partial charge in [-0.3, -0.25) is 10.1 Å². The number of aromatic nitrogens is 3. The molecule has 7 nitrogen and oxygen atoms in total. The number of rotatable bonds is 5. The van der Waals surface area contributed by atoms with Crippen LogP contribution in [0.4, 0.5) is 10.9 Å². The van der Waals surface area contributed by atoms with Crippen LogP contribution in [0.2, 0.25) is 0 Å². The van der Waals surface area contributed by atoms with Crippen molar-refractivity contribution in [3.63, 3.8) is 0 Å². The molecule has 2 atom stereocenters. The molecule has 1 fully saturated rings. The van der Waals surface area contributed by atoms with Gasteiger partial charge in [-0.15, -0.1) is 10.2 Å². The van der Waals surface area contributed by atoms with Gasteiger partial charge in [0.15, 0.2) is 0 Å². The Morgan fingerprint density at radius 1 is 1.39 bits per heavy atom. The van der Waals surface area contributed by atoms with Crippen LogP contribution in [0.1, 0.15) is 36.0 Å². The summed E-state index contributed by atoms with van der Waals surface area (Å²) < 4.78 is 0. The molecule has 1 amide bonds. The first-order valence-corrected chi connectivity index (χ1v) is 8.54. The Morgan fingerprint density at radius 2 is 2.30 bits per heavy atom. The lowest BCUT2D eigenvalue weighted by atomic mass is 9.87. The molecule has 23 heavy (non-hydrogen) atoms. The lowest BCUT2D eigenvalue weighted by Gasteiger charge is -2.26. The molecule has 2 unspecified atom stereocenters. The van der Waals surface area contributed by atoms with E-state index in [1.807, 2.05) is 0 Å². The van der Waals surface area contributed by atoms with Gasteiger partial charge in [-0.2, -0.15) is 0 Å². The molecule has 0 bridgehead atoms. The standard InChI is InChI=1S/C15H19N5O2S/c21-12-3-1-2-10(6-12)7-16-13-5-4-11(8-17-13)14(22)19-15-20-18-9-23-15/h4-5,8-10,12,21H,1-3,6-7H2,(H,16,17)(H,19,20,22). The predicted molar refractivity (Wildman–Crippen MR) is 88.6 cm³/mol.